The number of ether oxygens (including phenoxy) is 2. The molecule has 2 amide bonds. The first-order valence-corrected chi connectivity index (χ1v) is 15.3. The molecule has 2 aromatic rings. The van der Waals surface area contributed by atoms with Gasteiger partial charge < -0.3 is 19.7 Å². The molecule has 0 spiro atoms. The third-order valence-electron chi connectivity index (χ3n) is 7.35. The molecule has 1 N–H and O–H groups in total. The van der Waals surface area contributed by atoms with Crippen molar-refractivity contribution in [3.63, 3.8) is 0 Å². The molecule has 0 unspecified atom stereocenters. The molecule has 0 radical (unpaired) electrons. The number of carbonyl (C=O) groups excluding carboxylic acids is 5. The SMILES string of the molecule is CC(C)(C)OC(=O)C[C@H](NC(=O)[C@@H]1CC=CCN(C(=O)C(=O)Cc2ccccc2C(C)(C)C)C1)C(=O)COc1c(F)c(F)cc(F)c1F. The second-order valence-corrected chi connectivity index (χ2v) is 13.5. The summed E-state index contributed by atoms with van der Waals surface area (Å²) in [5, 5.41) is 2.41. The number of rotatable bonds is 11. The average Bonchev–Trinajstić information content (AvgIpc) is 3.24. The second-order valence-electron chi connectivity index (χ2n) is 13.5. The Morgan fingerprint density at radius 1 is 0.938 bits per heavy atom. The van der Waals surface area contributed by atoms with Gasteiger partial charge in [0.1, 0.15) is 18.2 Å². The first kappa shape index (κ1) is 37.9. The van der Waals surface area contributed by atoms with E-state index in [2.05, 4.69) is 5.32 Å². The molecule has 2 atom stereocenters. The van der Waals surface area contributed by atoms with Crippen molar-refractivity contribution in [2.45, 2.75) is 77.9 Å². The van der Waals surface area contributed by atoms with Crippen molar-refractivity contribution in [3.8, 4) is 5.75 Å². The summed E-state index contributed by atoms with van der Waals surface area (Å²) in [7, 11) is 0. The van der Waals surface area contributed by atoms with Crippen LogP contribution in [-0.2, 0) is 40.5 Å². The van der Waals surface area contributed by atoms with E-state index in [4.69, 9.17) is 9.47 Å². The fourth-order valence-corrected chi connectivity index (χ4v) is 5.07. The molecule has 260 valence electrons. The van der Waals surface area contributed by atoms with Crippen LogP contribution in [0.2, 0.25) is 0 Å². The minimum absolute atomic E-state index is 0.0293. The van der Waals surface area contributed by atoms with E-state index in [0.29, 0.717) is 5.56 Å². The Kier molecular flexibility index (Phi) is 12.3. The number of carbonyl (C=O) groups is 5. The van der Waals surface area contributed by atoms with Gasteiger partial charge in [-0.15, -0.1) is 0 Å². The van der Waals surface area contributed by atoms with Gasteiger partial charge in [0.15, 0.2) is 23.2 Å². The van der Waals surface area contributed by atoms with Crippen LogP contribution in [0.3, 0.4) is 0 Å². The number of Topliss-reactive ketones (excluding diaryl/α,β-unsaturated/α-hetero) is 2. The van der Waals surface area contributed by atoms with E-state index in [1.54, 1.807) is 45.1 Å². The molecule has 9 nitrogen and oxygen atoms in total. The van der Waals surface area contributed by atoms with Crippen LogP contribution in [0.1, 0.15) is 65.5 Å². The number of hydrogen-bond acceptors (Lipinski definition) is 7. The average molecular weight is 677 g/mol. The highest BCUT2D eigenvalue weighted by Crippen LogP contribution is 2.28. The largest absolute Gasteiger partial charge is 0.479 e. The number of esters is 1. The van der Waals surface area contributed by atoms with E-state index in [1.165, 1.54) is 4.90 Å². The number of allylic oxidation sites excluding steroid dienone is 1. The topological polar surface area (TPSA) is 119 Å². The predicted molar refractivity (Wildman–Crippen MR) is 167 cm³/mol. The third-order valence-corrected chi connectivity index (χ3v) is 7.35. The van der Waals surface area contributed by atoms with Crippen LogP contribution in [-0.4, -0.2) is 65.6 Å². The zero-order chi connectivity index (χ0) is 36.0. The Hall–Kier alpha value is -4.55. The number of hydrogen-bond donors (Lipinski definition) is 1. The second kappa shape index (κ2) is 15.6. The molecule has 1 aliphatic rings. The summed E-state index contributed by atoms with van der Waals surface area (Å²) in [5.74, 6) is -13.9. The van der Waals surface area contributed by atoms with Crippen molar-refractivity contribution in [2.75, 3.05) is 19.7 Å². The lowest BCUT2D eigenvalue weighted by molar-refractivity contribution is -0.156. The van der Waals surface area contributed by atoms with Crippen molar-refractivity contribution in [2.24, 2.45) is 5.92 Å². The Labute approximate surface area is 276 Å². The number of halogens is 4. The maximum Gasteiger partial charge on any atom is 0.308 e. The maximum atomic E-state index is 14.1. The molecule has 0 aromatic heterocycles. The number of nitrogens with one attached hydrogen (secondary N) is 1. The summed E-state index contributed by atoms with van der Waals surface area (Å²) in [6.07, 6.45) is 2.50. The van der Waals surface area contributed by atoms with Gasteiger partial charge in [-0.25, -0.2) is 8.78 Å². The number of nitrogens with zero attached hydrogens (tertiary/aromatic N) is 1. The van der Waals surface area contributed by atoms with Crippen molar-refractivity contribution in [3.05, 3.63) is 76.9 Å². The summed E-state index contributed by atoms with van der Waals surface area (Å²) in [6.45, 7) is 9.35. The standard InChI is InChI=1S/C35H40F4N2O7/c1-34(2,3)22-13-8-7-11-20(22)15-26(42)33(46)41-14-10-9-12-21(18-41)32(45)40-25(17-28(44)48-35(4,5)6)27(43)19-47-31-29(38)23(36)16-24(37)30(31)39/h7-11,13,16,21,25H,12,14-15,17-19H2,1-6H3,(H,40,45)/t21-,25+/m1/s1. The third kappa shape index (κ3) is 10.2. The molecule has 1 heterocycles. The van der Waals surface area contributed by atoms with Gasteiger partial charge in [-0.05, 0) is 43.7 Å². The highest BCUT2D eigenvalue weighted by molar-refractivity contribution is 6.36. The summed E-state index contributed by atoms with van der Waals surface area (Å²) >= 11 is 0. The first-order valence-electron chi connectivity index (χ1n) is 15.3. The van der Waals surface area contributed by atoms with Gasteiger partial charge in [-0.2, -0.15) is 8.78 Å². The summed E-state index contributed by atoms with van der Waals surface area (Å²) < 4.78 is 65.5. The van der Waals surface area contributed by atoms with Crippen LogP contribution in [0.25, 0.3) is 0 Å². The van der Waals surface area contributed by atoms with Crippen molar-refractivity contribution >= 4 is 29.4 Å². The molecule has 13 heteroatoms. The monoisotopic (exact) mass is 676 g/mol. The van der Waals surface area contributed by atoms with Crippen LogP contribution in [0.15, 0.2) is 42.5 Å². The lowest BCUT2D eigenvalue weighted by Gasteiger charge is -2.26. The molecule has 0 fully saturated rings. The van der Waals surface area contributed by atoms with Gasteiger partial charge >= 0.3 is 5.97 Å². The van der Waals surface area contributed by atoms with E-state index in [0.717, 1.165) is 5.56 Å². The molecular weight excluding hydrogens is 636 g/mol. The molecule has 0 saturated heterocycles. The van der Waals surface area contributed by atoms with Crippen molar-refractivity contribution in [1.82, 2.24) is 10.2 Å². The minimum atomic E-state index is -1.87. The quantitative estimate of drug-likeness (QED) is 0.118. The molecule has 48 heavy (non-hydrogen) atoms. The van der Waals surface area contributed by atoms with Gasteiger partial charge in [0, 0.05) is 25.6 Å². The van der Waals surface area contributed by atoms with Crippen LogP contribution in [0.4, 0.5) is 17.6 Å². The highest BCUT2D eigenvalue weighted by atomic mass is 19.2. The molecular formula is C35H40F4N2O7. The van der Waals surface area contributed by atoms with Crippen LogP contribution in [0.5, 0.6) is 5.75 Å². The molecule has 2 aromatic carbocycles. The molecule has 0 aliphatic carbocycles. The number of benzene rings is 2. The Balaban J connectivity index is 1.76. The number of amides is 2. The minimum Gasteiger partial charge on any atom is -0.479 e. The summed E-state index contributed by atoms with van der Waals surface area (Å²) in [4.78, 5) is 66.8. The fourth-order valence-electron chi connectivity index (χ4n) is 5.07. The van der Waals surface area contributed by atoms with Crippen molar-refractivity contribution < 1.29 is 51.0 Å². The molecule has 3 rings (SSSR count). The smallest absolute Gasteiger partial charge is 0.308 e. The van der Waals surface area contributed by atoms with E-state index in [-0.39, 0.29) is 37.4 Å². The first-order chi connectivity index (χ1) is 22.3. The Morgan fingerprint density at radius 2 is 1.56 bits per heavy atom. The van der Waals surface area contributed by atoms with E-state index in [9.17, 15) is 41.5 Å². The van der Waals surface area contributed by atoms with Gasteiger partial charge in [0.2, 0.25) is 23.3 Å². The van der Waals surface area contributed by atoms with Gasteiger partial charge in [-0.1, -0.05) is 57.2 Å². The normalized spacial score (nSPS) is 15.7. The highest BCUT2D eigenvalue weighted by Gasteiger charge is 2.33. The lowest BCUT2D eigenvalue weighted by atomic mass is 9.82. The van der Waals surface area contributed by atoms with Gasteiger partial charge in [0.25, 0.3) is 5.91 Å². The summed E-state index contributed by atoms with van der Waals surface area (Å²) in [6, 6.07) is 5.63. The van der Waals surface area contributed by atoms with Gasteiger partial charge in [0.05, 0.1) is 12.3 Å². The lowest BCUT2D eigenvalue weighted by Crippen LogP contribution is -2.49. The molecule has 0 bridgehead atoms. The Morgan fingerprint density at radius 3 is 2.17 bits per heavy atom. The Bertz CT molecular complexity index is 1570. The number of ketones is 2. The van der Waals surface area contributed by atoms with Crippen LogP contribution >= 0.6 is 0 Å². The van der Waals surface area contributed by atoms with Gasteiger partial charge in [-0.3, -0.25) is 24.0 Å². The molecule has 0 saturated carbocycles. The molecule has 1 aliphatic heterocycles. The van der Waals surface area contributed by atoms with E-state index >= 15 is 0 Å². The summed E-state index contributed by atoms with van der Waals surface area (Å²) in [5.41, 5.74) is 0.373. The van der Waals surface area contributed by atoms with Crippen molar-refractivity contribution in [1.29, 1.82) is 0 Å². The zero-order valence-electron chi connectivity index (χ0n) is 27.8. The predicted octanol–water partition coefficient (Wildman–Crippen LogP) is 4.92. The van der Waals surface area contributed by atoms with Crippen LogP contribution < -0.4 is 10.1 Å². The maximum absolute atomic E-state index is 14.1. The van der Waals surface area contributed by atoms with Crippen LogP contribution in [0, 0.1) is 29.2 Å². The fraction of sp³-hybridized carbons (Fsp3) is 0.457. The van der Waals surface area contributed by atoms with E-state index < -0.39 is 89.0 Å². The zero-order valence-corrected chi connectivity index (χ0v) is 27.8. The van der Waals surface area contributed by atoms with E-state index in [1.807, 2.05) is 32.9 Å².